The normalized spacial score (nSPS) is 8.75. The van der Waals surface area contributed by atoms with Crippen molar-refractivity contribution in [2.24, 2.45) is 0 Å². The van der Waals surface area contributed by atoms with E-state index < -0.39 is 7.32 Å². The van der Waals surface area contributed by atoms with Crippen molar-refractivity contribution in [3.05, 3.63) is 12.7 Å². The molecule has 2 N–H and O–H groups in total. The Balaban J connectivity index is 2.81. The van der Waals surface area contributed by atoms with E-state index in [0.717, 1.165) is 0 Å². The molecule has 0 rings (SSSR count). The molecule has 0 spiro atoms. The summed E-state index contributed by atoms with van der Waals surface area (Å²) in [4.78, 5) is 7.95. The first kappa shape index (κ1) is 7.64. The summed E-state index contributed by atoms with van der Waals surface area (Å²) in [5, 5.41) is 15.9. The Morgan fingerprint density at radius 3 is 2.62 bits per heavy atom. The predicted octanol–water partition coefficient (Wildman–Crippen LogP) is -0.910. The van der Waals surface area contributed by atoms with E-state index in [1.807, 2.05) is 0 Å². The summed E-state index contributed by atoms with van der Waals surface area (Å²) in [6, 6.07) is 0. The van der Waals surface area contributed by atoms with E-state index in [2.05, 4.69) is 16.3 Å². The van der Waals surface area contributed by atoms with E-state index >= 15 is 0 Å². The highest BCUT2D eigenvalue weighted by atomic mass is 17.2. The third kappa shape index (κ3) is 5.64. The van der Waals surface area contributed by atoms with Crippen molar-refractivity contribution in [2.75, 3.05) is 6.61 Å². The molecular formula is C3H7BO4. The lowest BCUT2D eigenvalue weighted by molar-refractivity contribution is -0.224. The molecule has 0 saturated carbocycles. The first-order valence-electron chi connectivity index (χ1n) is 2.02. The molecule has 0 aromatic carbocycles. The summed E-state index contributed by atoms with van der Waals surface area (Å²) in [5.74, 6) is 0. The molecule has 0 fully saturated rings. The third-order valence-electron chi connectivity index (χ3n) is 0.340. The molecule has 46 valence electrons. The van der Waals surface area contributed by atoms with Crippen molar-refractivity contribution in [1.29, 1.82) is 0 Å². The molecule has 0 aromatic heterocycles. The molecule has 0 saturated heterocycles. The summed E-state index contributed by atoms with van der Waals surface area (Å²) >= 11 is 0. The lowest BCUT2D eigenvalue weighted by atomic mass is 10.3. The van der Waals surface area contributed by atoms with Gasteiger partial charge in [0.1, 0.15) is 0 Å². The van der Waals surface area contributed by atoms with Crippen molar-refractivity contribution >= 4 is 7.32 Å². The SMILES string of the molecule is C=CCOOB(O)O. The second kappa shape index (κ2) is 4.80. The minimum atomic E-state index is -1.87. The van der Waals surface area contributed by atoms with Gasteiger partial charge >= 0.3 is 7.32 Å². The van der Waals surface area contributed by atoms with Crippen LogP contribution in [0.25, 0.3) is 0 Å². The molecule has 4 nitrogen and oxygen atoms in total. The van der Waals surface area contributed by atoms with Crippen molar-refractivity contribution in [3.63, 3.8) is 0 Å². The van der Waals surface area contributed by atoms with Crippen LogP contribution in [0.3, 0.4) is 0 Å². The maximum absolute atomic E-state index is 7.95. The summed E-state index contributed by atoms with van der Waals surface area (Å²) < 4.78 is 0. The van der Waals surface area contributed by atoms with Gasteiger partial charge in [-0.15, -0.1) is 6.58 Å². The van der Waals surface area contributed by atoms with Crippen LogP contribution in [-0.4, -0.2) is 24.0 Å². The summed E-state index contributed by atoms with van der Waals surface area (Å²) in [5.41, 5.74) is 0. The van der Waals surface area contributed by atoms with E-state index in [0.29, 0.717) is 0 Å². The molecule has 0 amide bonds. The maximum Gasteiger partial charge on any atom is 0.662 e. The number of hydrogen-bond donors (Lipinski definition) is 2. The fourth-order valence-corrected chi connectivity index (χ4v) is 0.148. The second-order valence-electron chi connectivity index (χ2n) is 0.996. The highest BCUT2D eigenvalue weighted by Gasteiger charge is 2.07. The van der Waals surface area contributed by atoms with Crippen molar-refractivity contribution < 1.29 is 19.7 Å². The molecule has 0 aliphatic carbocycles. The zero-order chi connectivity index (χ0) is 6.41. The number of rotatable bonds is 4. The second-order valence-corrected chi connectivity index (χ2v) is 0.996. The van der Waals surface area contributed by atoms with Crippen LogP contribution in [0.4, 0.5) is 0 Å². The molecule has 0 bridgehead atoms. The van der Waals surface area contributed by atoms with E-state index in [-0.39, 0.29) is 6.61 Å². The van der Waals surface area contributed by atoms with Gasteiger partial charge in [0.15, 0.2) is 0 Å². The van der Waals surface area contributed by atoms with E-state index in [9.17, 15) is 0 Å². The molecule has 5 heteroatoms. The van der Waals surface area contributed by atoms with Gasteiger partial charge in [0, 0.05) is 0 Å². The molecule has 0 radical (unpaired) electrons. The Bertz CT molecular complexity index is 64.3. The fraction of sp³-hybridized carbons (Fsp3) is 0.333. The molecule has 0 heterocycles. The standard InChI is InChI=1S/C3H7BO4/c1-2-3-7-8-4(5)6/h2,5-6H,1,3H2. The quantitative estimate of drug-likeness (QED) is 0.165. The van der Waals surface area contributed by atoms with Gasteiger partial charge in [-0.05, 0) is 0 Å². The Kier molecular flexibility index (Phi) is 4.58. The Morgan fingerprint density at radius 2 is 2.25 bits per heavy atom. The average Bonchev–Trinajstić information content (AvgIpc) is 1.66. The Morgan fingerprint density at radius 1 is 1.62 bits per heavy atom. The van der Waals surface area contributed by atoms with Gasteiger partial charge in [-0.3, -0.25) is 0 Å². The van der Waals surface area contributed by atoms with Crippen LogP contribution in [0, 0.1) is 0 Å². The van der Waals surface area contributed by atoms with E-state index in [4.69, 9.17) is 10.0 Å². The molecule has 0 aliphatic rings. The van der Waals surface area contributed by atoms with E-state index in [1.54, 1.807) is 0 Å². The predicted molar refractivity (Wildman–Crippen MR) is 27.4 cm³/mol. The van der Waals surface area contributed by atoms with Crippen LogP contribution in [0.5, 0.6) is 0 Å². The Hall–Kier alpha value is -0.355. The first-order valence-corrected chi connectivity index (χ1v) is 2.02. The van der Waals surface area contributed by atoms with Crippen LogP contribution in [0.15, 0.2) is 12.7 Å². The van der Waals surface area contributed by atoms with Crippen molar-refractivity contribution in [2.45, 2.75) is 0 Å². The van der Waals surface area contributed by atoms with Crippen molar-refractivity contribution in [1.82, 2.24) is 0 Å². The zero-order valence-corrected chi connectivity index (χ0v) is 4.28. The van der Waals surface area contributed by atoms with Gasteiger partial charge in [-0.2, -0.15) is 0 Å². The van der Waals surface area contributed by atoms with Gasteiger partial charge in [0.25, 0.3) is 0 Å². The van der Waals surface area contributed by atoms with E-state index in [1.165, 1.54) is 6.08 Å². The third-order valence-corrected chi connectivity index (χ3v) is 0.340. The van der Waals surface area contributed by atoms with Gasteiger partial charge in [-0.1, -0.05) is 6.08 Å². The van der Waals surface area contributed by atoms with Gasteiger partial charge in [-0.25, -0.2) is 9.69 Å². The summed E-state index contributed by atoms with van der Waals surface area (Å²) in [6.07, 6.45) is 1.42. The zero-order valence-electron chi connectivity index (χ0n) is 4.28. The molecule has 0 unspecified atom stereocenters. The smallest absolute Gasteiger partial charge is 0.400 e. The minimum Gasteiger partial charge on any atom is -0.400 e. The molecule has 0 atom stereocenters. The van der Waals surface area contributed by atoms with Gasteiger partial charge in [0.2, 0.25) is 0 Å². The summed E-state index contributed by atoms with van der Waals surface area (Å²) in [6.45, 7) is 3.43. The minimum absolute atomic E-state index is 0.137. The molecular weight excluding hydrogens is 111 g/mol. The van der Waals surface area contributed by atoms with Crippen LogP contribution >= 0.6 is 0 Å². The monoisotopic (exact) mass is 118 g/mol. The van der Waals surface area contributed by atoms with Gasteiger partial charge in [0.05, 0.1) is 6.61 Å². The largest absolute Gasteiger partial charge is 0.662 e. The molecule has 8 heavy (non-hydrogen) atoms. The fourth-order valence-electron chi connectivity index (χ4n) is 0.148. The molecule has 0 aliphatic heterocycles. The lowest BCUT2D eigenvalue weighted by Gasteiger charge is -1.96. The topological polar surface area (TPSA) is 58.9 Å². The molecule has 0 aromatic rings. The van der Waals surface area contributed by atoms with Crippen LogP contribution in [0.2, 0.25) is 0 Å². The highest BCUT2D eigenvalue weighted by molar-refractivity contribution is 6.32. The van der Waals surface area contributed by atoms with Crippen LogP contribution in [0.1, 0.15) is 0 Å². The maximum atomic E-state index is 7.95. The van der Waals surface area contributed by atoms with Gasteiger partial charge < -0.3 is 10.0 Å². The first-order chi connectivity index (χ1) is 3.77. The average molecular weight is 118 g/mol. The number of hydrogen-bond acceptors (Lipinski definition) is 4. The Labute approximate surface area is 47.5 Å². The van der Waals surface area contributed by atoms with Crippen molar-refractivity contribution in [3.8, 4) is 0 Å². The summed E-state index contributed by atoms with van der Waals surface area (Å²) in [7, 11) is -1.87. The van der Waals surface area contributed by atoms with Crippen LogP contribution < -0.4 is 0 Å². The highest BCUT2D eigenvalue weighted by Crippen LogP contribution is 1.77. The lowest BCUT2D eigenvalue weighted by Crippen LogP contribution is -2.16. The van der Waals surface area contributed by atoms with Crippen LogP contribution in [-0.2, 0) is 9.69 Å².